The number of rotatable bonds is 4. The minimum absolute atomic E-state index is 0.0777. The average Bonchev–Trinajstić information content (AvgIpc) is 2.89. The van der Waals surface area contributed by atoms with Crippen LogP contribution >= 0.6 is 22.9 Å². The topological polar surface area (TPSA) is 43.4 Å². The number of halogens is 1. The van der Waals surface area contributed by atoms with Crippen molar-refractivity contribution in [2.45, 2.75) is 13.3 Å². The molecule has 0 saturated heterocycles. The largest absolute Gasteiger partial charge is 0.469 e. The predicted octanol–water partition coefficient (Wildman–Crippen LogP) is 3.66. The van der Waals surface area contributed by atoms with Gasteiger partial charge in [-0.05, 0) is 30.7 Å². The lowest BCUT2D eigenvalue weighted by Gasteiger charge is -2.04. The third kappa shape index (κ3) is 3.08. The molecule has 0 saturated carbocycles. The number of ether oxygens (including phenoxy) is 1. The molecule has 0 unspecified atom stereocenters. The summed E-state index contributed by atoms with van der Waals surface area (Å²) in [7, 11) is 1.34. The van der Waals surface area contributed by atoms with E-state index in [0.717, 1.165) is 10.4 Å². The molecular weight excluding hydrogens is 296 g/mol. The van der Waals surface area contributed by atoms with Crippen LogP contribution in [0.15, 0.2) is 30.3 Å². The number of hydrogen-bond donors (Lipinski definition) is 0. The highest BCUT2D eigenvalue weighted by molar-refractivity contribution is 7.14. The first-order valence-electron chi connectivity index (χ1n) is 5.98. The summed E-state index contributed by atoms with van der Waals surface area (Å²) in [6.07, 6.45) is 0.184. The normalized spacial score (nSPS) is 10.3. The van der Waals surface area contributed by atoms with E-state index in [-0.39, 0.29) is 18.2 Å². The lowest BCUT2D eigenvalue weighted by molar-refractivity contribution is -0.139. The Morgan fingerprint density at radius 1 is 1.25 bits per heavy atom. The van der Waals surface area contributed by atoms with Gasteiger partial charge in [-0.1, -0.05) is 23.7 Å². The van der Waals surface area contributed by atoms with Gasteiger partial charge in [0.05, 0.1) is 18.4 Å². The molecular formula is C15H13ClO3S. The van der Waals surface area contributed by atoms with Crippen molar-refractivity contribution in [3.63, 3.8) is 0 Å². The molecule has 0 bridgehead atoms. The summed E-state index contributed by atoms with van der Waals surface area (Å²) in [5.74, 6) is -0.393. The van der Waals surface area contributed by atoms with Crippen LogP contribution in [0.4, 0.5) is 0 Å². The molecule has 0 N–H and O–H groups in total. The van der Waals surface area contributed by atoms with Crippen LogP contribution in [-0.2, 0) is 16.0 Å². The van der Waals surface area contributed by atoms with Gasteiger partial charge in [0.1, 0.15) is 0 Å². The summed E-state index contributed by atoms with van der Waals surface area (Å²) >= 11 is 7.33. The first kappa shape index (κ1) is 14.8. The highest BCUT2D eigenvalue weighted by atomic mass is 35.5. The molecule has 0 aliphatic heterocycles. The van der Waals surface area contributed by atoms with Gasteiger partial charge in [-0.25, -0.2) is 0 Å². The molecule has 1 heterocycles. The van der Waals surface area contributed by atoms with E-state index in [1.807, 2.05) is 6.92 Å². The molecule has 0 aliphatic rings. The van der Waals surface area contributed by atoms with Crippen molar-refractivity contribution < 1.29 is 14.3 Å². The van der Waals surface area contributed by atoms with E-state index in [9.17, 15) is 9.59 Å². The van der Waals surface area contributed by atoms with Gasteiger partial charge in [-0.3, -0.25) is 9.59 Å². The molecule has 1 aromatic carbocycles. The maximum Gasteiger partial charge on any atom is 0.310 e. The van der Waals surface area contributed by atoms with Gasteiger partial charge in [-0.2, -0.15) is 0 Å². The SMILES string of the molecule is COC(=O)Cc1ccc(C(=O)c2cccc(Cl)c2C)s1. The van der Waals surface area contributed by atoms with Crippen LogP contribution in [0.2, 0.25) is 5.02 Å². The number of benzene rings is 1. The highest BCUT2D eigenvalue weighted by Gasteiger charge is 2.16. The first-order chi connectivity index (χ1) is 9.52. The standard InChI is InChI=1S/C15H13ClO3S/c1-9-11(4-3-5-12(9)16)15(18)13-7-6-10(20-13)8-14(17)19-2/h3-7H,8H2,1-2H3. The van der Waals surface area contributed by atoms with Gasteiger partial charge in [-0.15, -0.1) is 11.3 Å². The maximum atomic E-state index is 12.4. The first-order valence-corrected chi connectivity index (χ1v) is 7.17. The zero-order chi connectivity index (χ0) is 14.7. The van der Waals surface area contributed by atoms with Crippen molar-refractivity contribution in [3.8, 4) is 0 Å². The number of ketones is 1. The third-order valence-corrected chi connectivity index (χ3v) is 4.44. The molecule has 0 fully saturated rings. The Labute approximate surface area is 126 Å². The summed E-state index contributed by atoms with van der Waals surface area (Å²) in [5, 5.41) is 0.571. The highest BCUT2D eigenvalue weighted by Crippen LogP contribution is 2.25. The molecule has 5 heteroatoms. The predicted molar refractivity (Wildman–Crippen MR) is 79.7 cm³/mol. The Morgan fingerprint density at radius 2 is 2.00 bits per heavy atom. The Bertz CT molecular complexity index is 661. The van der Waals surface area contributed by atoms with Crippen LogP contribution in [0.3, 0.4) is 0 Å². The van der Waals surface area contributed by atoms with E-state index in [4.69, 9.17) is 11.6 Å². The lowest BCUT2D eigenvalue weighted by atomic mass is 10.0. The summed E-state index contributed by atoms with van der Waals surface area (Å²) in [6, 6.07) is 8.76. The van der Waals surface area contributed by atoms with Gasteiger partial charge in [0, 0.05) is 15.5 Å². The number of methoxy groups -OCH3 is 1. The fourth-order valence-electron chi connectivity index (χ4n) is 1.80. The number of carbonyl (C=O) groups is 2. The van der Waals surface area contributed by atoms with Crippen molar-refractivity contribution in [1.29, 1.82) is 0 Å². The Morgan fingerprint density at radius 3 is 2.70 bits per heavy atom. The Kier molecular flexibility index (Phi) is 4.57. The summed E-state index contributed by atoms with van der Waals surface area (Å²) in [6.45, 7) is 1.82. The van der Waals surface area contributed by atoms with Gasteiger partial charge >= 0.3 is 5.97 Å². The minimum atomic E-state index is -0.315. The minimum Gasteiger partial charge on any atom is -0.469 e. The molecule has 20 heavy (non-hydrogen) atoms. The van der Waals surface area contributed by atoms with E-state index in [0.29, 0.717) is 15.5 Å². The van der Waals surface area contributed by atoms with E-state index in [2.05, 4.69) is 4.74 Å². The Hall–Kier alpha value is -1.65. The molecule has 2 rings (SSSR count). The molecule has 0 atom stereocenters. The summed E-state index contributed by atoms with van der Waals surface area (Å²) in [4.78, 5) is 25.0. The van der Waals surface area contributed by atoms with Crippen LogP contribution in [0.25, 0.3) is 0 Å². The Balaban J connectivity index is 2.26. The van der Waals surface area contributed by atoms with Crippen molar-refractivity contribution in [2.24, 2.45) is 0 Å². The number of thiophene rings is 1. The van der Waals surface area contributed by atoms with E-state index >= 15 is 0 Å². The van der Waals surface area contributed by atoms with Crippen molar-refractivity contribution in [1.82, 2.24) is 0 Å². The second kappa shape index (κ2) is 6.20. The molecule has 0 radical (unpaired) electrons. The van der Waals surface area contributed by atoms with Crippen LogP contribution in [0.1, 0.15) is 25.7 Å². The molecule has 2 aromatic rings. The number of hydrogen-bond acceptors (Lipinski definition) is 4. The second-order valence-corrected chi connectivity index (χ2v) is 5.84. The smallest absolute Gasteiger partial charge is 0.310 e. The molecule has 0 amide bonds. The van der Waals surface area contributed by atoms with Gasteiger partial charge in [0.2, 0.25) is 5.78 Å². The zero-order valence-electron chi connectivity index (χ0n) is 11.1. The van der Waals surface area contributed by atoms with E-state index < -0.39 is 0 Å². The average molecular weight is 309 g/mol. The number of esters is 1. The molecule has 0 spiro atoms. The quantitative estimate of drug-likeness (QED) is 0.639. The van der Waals surface area contributed by atoms with Gasteiger partial charge < -0.3 is 4.74 Å². The van der Waals surface area contributed by atoms with Crippen LogP contribution in [0, 0.1) is 6.92 Å². The molecule has 3 nitrogen and oxygen atoms in total. The monoisotopic (exact) mass is 308 g/mol. The van der Waals surface area contributed by atoms with Crippen molar-refractivity contribution >= 4 is 34.7 Å². The zero-order valence-corrected chi connectivity index (χ0v) is 12.7. The second-order valence-electron chi connectivity index (χ2n) is 4.26. The molecule has 0 aliphatic carbocycles. The fourth-order valence-corrected chi connectivity index (χ4v) is 2.92. The number of carbonyl (C=O) groups excluding carboxylic acids is 2. The summed E-state index contributed by atoms with van der Waals surface area (Å²) < 4.78 is 4.61. The van der Waals surface area contributed by atoms with Crippen LogP contribution in [-0.4, -0.2) is 18.9 Å². The van der Waals surface area contributed by atoms with Gasteiger partial charge in [0.25, 0.3) is 0 Å². The maximum absolute atomic E-state index is 12.4. The van der Waals surface area contributed by atoms with Crippen molar-refractivity contribution in [2.75, 3.05) is 7.11 Å². The van der Waals surface area contributed by atoms with E-state index in [1.54, 1.807) is 30.3 Å². The third-order valence-electron chi connectivity index (χ3n) is 2.94. The lowest BCUT2D eigenvalue weighted by Crippen LogP contribution is -2.03. The molecule has 1 aromatic heterocycles. The van der Waals surface area contributed by atoms with Crippen LogP contribution in [0.5, 0.6) is 0 Å². The molecule has 104 valence electrons. The van der Waals surface area contributed by atoms with Crippen molar-refractivity contribution in [3.05, 3.63) is 56.2 Å². The van der Waals surface area contributed by atoms with E-state index in [1.165, 1.54) is 18.4 Å². The van der Waals surface area contributed by atoms with Gasteiger partial charge in [0.15, 0.2) is 0 Å². The fraction of sp³-hybridized carbons (Fsp3) is 0.200. The van der Waals surface area contributed by atoms with Crippen LogP contribution < -0.4 is 0 Å². The summed E-state index contributed by atoms with van der Waals surface area (Å²) in [5.41, 5.74) is 1.35.